The molecule has 3 aromatic carbocycles. The number of methoxy groups -OCH3 is 1. The first-order valence-corrected chi connectivity index (χ1v) is 13.7. The first-order chi connectivity index (χ1) is 17.6. The summed E-state index contributed by atoms with van der Waals surface area (Å²) in [5, 5.41) is 3.40. The van der Waals surface area contributed by atoms with Crippen molar-refractivity contribution in [3.05, 3.63) is 88.4 Å². The van der Waals surface area contributed by atoms with Gasteiger partial charge in [0.15, 0.2) is 0 Å². The molecule has 0 fully saturated rings. The standard InChI is InChI=1S/C27H26ClN3O5S/c1-31(37(3,34)35)21-11-9-20(10-12-21)29-26(18-6-4-5-17(15-18)7-14-24(32)36-2)25-22-13-8-19(28)16-23(22)30-27(25)33/h4-6,8-13,15-16,25H,7,14H2,1-3H3,(H,30,33). The summed E-state index contributed by atoms with van der Waals surface area (Å²) in [4.78, 5) is 29.7. The Morgan fingerprint density at radius 3 is 2.51 bits per heavy atom. The van der Waals surface area contributed by atoms with Gasteiger partial charge in [0.05, 0.1) is 30.5 Å². The fourth-order valence-electron chi connectivity index (χ4n) is 4.10. The van der Waals surface area contributed by atoms with Crippen molar-refractivity contribution in [3.63, 3.8) is 0 Å². The monoisotopic (exact) mass is 539 g/mol. The van der Waals surface area contributed by atoms with Crippen LogP contribution >= 0.6 is 11.6 Å². The van der Waals surface area contributed by atoms with Crippen LogP contribution < -0.4 is 9.62 Å². The molecule has 37 heavy (non-hydrogen) atoms. The number of hydrogen-bond donors (Lipinski definition) is 1. The van der Waals surface area contributed by atoms with Gasteiger partial charge in [0.25, 0.3) is 0 Å². The van der Waals surface area contributed by atoms with Gasteiger partial charge in [-0.1, -0.05) is 35.9 Å². The van der Waals surface area contributed by atoms with E-state index in [0.29, 0.717) is 34.2 Å². The van der Waals surface area contributed by atoms with Crippen LogP contribution in [0.5, 0.6) is 0 Å². The maximum atomic E-state index is 13.2. The zero-order valence-corrected chi connectivity index (χ0v) is 22.1. The van der Waals surface area contributed by atoms with Crippen LogP contribution in [0.15, 0.2) is 71.7 Å². The highest BCUT2D eigenvalue weighted by Crippen LogP contribution is 2.38. The molecule has 1 heterocycles. The second kappa shape index (κ2) is 10.7. The number of carbonyl (C=O) groups is 2. The molecule has 1 N–H and O–H groups in total. The number of rotatable bonds is 8. The number of nitrogens with one attached hydrogen (secondary N) is 1. The minimum Gasteiger partial charge on any atom is -0.469 e. The zero-order chi connectivity index (χ0) is 26.7. The number of halogens is 1. The van der Waals surface area contributed by atoms with Crippen LogP contribution in [-0.4, -0.2) is 46.4 Å². The van der Waals surface area contributed by atoms with E-state index in [1.165, 1.54) is 18.5 Å². The van der Waals surface area contributed by atoms with Gasteiger partial charge in [0.2, 0.25) is 15.9 Å². The minimum absolute atomic E-state index is 0.229. The van der Waals surface area contributed by atoms with Crippen molar-refractivity contribution in [2.75, 3.05) is 30.0 Å². The van der Waals surface area contributed by atoms with E-state index in [4.69, 9.17) is 21.3 Å². The van der Waals surface area contributed by atoms with Crippen LogP contribution in [-0.2, 0) is 30.8 Å². The lowest BCUT2D eigenvalue weighted by Gasteiger charge is -2.17. The molecule has 0 spiro atoms. The zero-order valence-electron chi connectivity index (χ0n) is 20.6. The van der Waals surface area contributed by atoms with Crippen LogP contribution in [0.1, 0.15) is 29.0 Å². The second-order valence-electron chi connectivity index (χ2n) is 8.67. The SMILES string of the molecule is COC(=O)CCc1cccc(C(=Nc2ccc(N(C)S(C)(=O)=O)cc2)C2C(=O)Nc3cc(Cl)ccc32)c1. The number of carbonyl (C=O) groups excluding carboxylic acids is 2. The number of hydrogen-bond acceptors (Lipinski definition) is 6. The molecule has 0 radical (unpaired) electrons. The molecule has 8 nitrogen and oxygen atoms in total. The van der Waals surface area contributed by atoms with Crippen molar-refractivity contribution in [3.8, 4) is 0 Å². The fourth-order valence-corrected chi connectivity index (χ4v) is 4.78. The summed E-state index contributed by atoms with van der Waals surface area (Å²) < 4.78 is 29.7. The molecular weight excluding hydrogens is 514 g/mol. The summed E-state index contributed by atoms with van der Waals surface area (Å²) in [6, 6.07) is 19.5. The van der Waals surface area contributed by atoms with Gasteiger partial charge in [-0.25, -0.2) is 8.42 Å². The Kier molecular flexibility index (Phi) is 7.65. The van der Waals surface area contributed by atoms with Gasteiger partial charge in [-0.05, 0) is 65.6 Å². The Morgan fingerprint density at radius 1 is 1.11 bits per heavy atom. The van der Waals surface area contributed by atoms with Gasteiger partial charge < -0.3 is 10.1 Å². The Bertz CT molecular complexity index is 1490. The maximum absolute atomic E-state index is 13.2. The van der Waals surface area contributed by atoms with E-state index in [1.807, 2.05) is 24.3 Å². The molecule has 1 unspecified atom stereocenters. The van der Waals surface area contributed by atoms with Crippen LogP contribution in [0.4, 0.5) is 17.1 Å². The van der Waals surface area contributed by atoms with E-state index in [-0.39, 0.29) is 18.3 Å². The normalized spacial score (nSPS) is 15.2. The number of anilines is 2. The maximum Gasteiger partial charge on any atom is 0.305 e. The molecular formula is C27H26ClN3O5S. The van der Waals surface area contributed by atoms with Crippen LogP contribution in [0.2, 0.25) is 5.02 Å². The van der Waals surface area contributed by atoms with E-state index < -0.39 is 15.9 Å². The lowest BCUT2D eigenvalue weighted by atomic mass is 9.89. The number of sulfonamides is 1. The van der Waals surface area contributed by atoms with Gasteiger partial charge >= 0.3 is 5.97 Å². The number of aliphatic imine (C=N–C) groups is 1. The van der Waals surface area contributed by atoms with Crippen molar-refractivity contribution >= 4 is 56.3 Å². The molecule has 192 valence electrons. The number of amides is 1. The third-order valence-corrected chi connectivity index (χ3v) is 7.59. The van der Waals surface area contributed by atoms with Crippen molar-refractivity contribution in [2.24, 2.45) is 4.99 Å². The first-order valence-electron chi connectivity index (χ1n) is 11.5. The fraction of sp³-hybridized carbons (Fsp3) is 0.222. The highest BCUT2D eigenvalue weighted by atomic mass is 35.5. The third-order valence-electron chi connectivity index (χ3n) is 6.15. The lowest BCUT2D eigenvalue weighted by molar-refractivity contribution is -0.140. The summed E-state index contributed by atoms with van der Waals surface area (Å²) in [6.07, 6.45) is 1.84. The largest absolute Gasteiger partial charge is 0.469 e. The van der Waals surface area contributed by atoms with Crippen LogP contribution in [0.25, 0.3) is 0 Å². The molecule has 0 saturated heterocycles. The van der Waals surface area contributed by atoms with E-state index in [0.717, 1.165) is 22.9 Å². The predicted molar refractivity (Wildman–Crippen MR) is 145 cm³/mol. The molecule has 0 bridgehead atoms. The van der Waals surface area contributed by atoms with E-state index in [2.05, 4.69) is 5.32 Å². The average Bonchev–Trinajstić information content (AvgIpc) is 3.19. The molecule has 1 aliphatic rings. The van der Waals surface area contributed by atoms with Gasteiger partial charge in [0.1, 0.15) is 5.92 Å². The quantitative estimate of drug-likeness (QED) is 0.330. The van der Waals surface area contributed by atoms with E-state index in [9.17, 15) is 18.0 Å². The van der Waals surface area contributed by atoms with Crippen molar-refractivity contribution < 1.29 is 22.7 Å². The Hall–Kier alpha value is -3.69. The summed E-state index contributed by atoms with van der Waals surface area (Å²) in [5.41, 5.74) is 4.56. The summed E-state index contributed by atoms with van der Waals surface area (Å²) >= 11 is 6.14. The minimum atomic E-state index is -3.41. The van der Waals surface area contributed by atoms with Crippen molar-refractivity contribution in [2.45, 2.75) is 18.8 Å². The highest BCUT2D eigenvalue weighted by Gasteiger charge is 2.35. The lowest BCUT2D eigenvalue weighted by Crippen LogP contribution is -2.24. The number of nitrogens with zero attached hydrogens (tertiary/aromatic N) is 2. The smallest absolute Gasteiger partial charge is 0.305 e. The van der Waals surface area contributed by atoms with Gasteiger partial charge in [-0.15, -0.1) is 0 Å². The summed E-state index contributed by atoms with van der Waals surface area (Å²) in [5.74, 6) is -1.23. The molecule has 3 aromatic rings. The number of benzene rings is 3. The Balaban J connectivity index is 1.78. The van der Waals surface area contributed by atoms with Crippen LogP contribution in [0, 0.1) is 0 Å². The molecule has 0 saturated carbocycles. The Morgan fingerprint density at radius 2 is 1.84 bits per heavy atom. The van der Waals surface area contributed by atoms with E-state index >= 15 is 0 Å². The number of fused-ring (bicyclic) bond motifs is 1. The molecule has 1 aliphatic heterocycles. The molecule has 0 aromatic heterocycles. The molecule has 4 rings (SSSR count). The topological polar surface area (TPSA) is 105 Å². The Labute approximate surface area is 221 Å². The molecule has 1 amide bonds. The number of aryl methyl sites for hydroxylation is 1. The molecule has 0 aliphatic carbocycles. The second-order valence-corrected chi connectivity index (χ2v) is 11.1. The summed E-state index contributed by atoms with van der Waals surface area (Å²) in [7, 11) is -0.582. The van der Waals surface area contributed by atoms with Crippen molar-refractivity contribution in [1.82, 2.24) is 0 Å². The van der Waals surface area contributed by atoms with Gasteiger partial charge in [-0.3, -0.25) is 18.9 Å². The predicted octanol–water partition coefficient (Wildman–Crippen LogP) is 4.70. The molecule has 1 atom stereocenters. The average molecular weight is 540 g/mol. The van der Waals surface area contributed by atoms with Gasteiger partial charge in [-0.2, -0.15) is 0 Å². The van der Waals surface area contributed by atoms with Gasteiger partial charge in [0, 0.05) is 24.2 Å². The van der Waals surface area contributed by atoms with Crippen LogP contribution in [0.3, 0.4) is 0 Å². The number of ether oxygens (including phenoxy) is 1. The van der Waals surface area contributed by atoms with Crippen molar-refractivity contribution in [1.29, 1.82) is 0 Å². The first kappa shape index (κ1) is 26.4. The summed E-state index contributed by atoms with van der Waals surface area (Å²) in [6.45, 7) is 0. The van der Waals surface area contributed by atoms with E-state index in [1.54, 1.807) is 42.5 Å². The molecule has 10 heteroatoms. The third kappa shape index (κ3) is 6.00. The highest BCUT2D eigenvalue weighted by molar-refractivity contribution is 7.92. The number of esters is 1.